The van der Waals surface area contributed by atoms with E-state index in [1.807, 2.05) is 25.4 Å². The van der Waals surface area contributed by atoms with E-state index in [2.05, 4.69) is 15.6 Å². The van der Waals surface area contributed by atoms with Gasteiger partial charge in [0, 0.05) is 45.5 Å². The Kier molecular flexibility index (Phi) is 7.32. The maximum atomic E-state index is 12.7. The van der Waals surface area contributed by atoms with Gasteiger partial charge in [-0.3, -0.25) is 9.79 Å². The smallest absolute Gasteiger partial charge is 0.230 e. The fourth-order valence-corrected chi connectivity index (χ4v) is 5.62. The molecular formula is C21H35N5OS. The molecule has 156 valence electrons. The Morgan fingerprint density at radius 1 is 1.18 bits per heavy atom. The summed E-state index contributed by atoms with van der Waals surface area (Å²) in [6.07, 6.45) is 11.2. The van der Waals surface area contributed by atoms with E-state index in [9.17, 15) is 4.79 Å². The van der Waals surface area contributed by atoms with Crippen molar-refractivity contribution in [1.29, 1.82) is 0 Å². The zero-order valence-corrected chi connectivity index (χ0v) is 18.5. The van der Waals surface area contributed by atoms with Gasteiger partial charge in [-0.25, -0.2) is 4.98 Å². The minimum absolute atomic E-state index is 0.237. The van der Waals surface area contributed by atoms with Gasteiger partial charge in [-0.15, -0.1) is 11.3 Å². The molecule has 28 heavy (non-hydrogen) atoms. The van der Waals surface area contributed by atoms with Gasteiger partial charge < -0.3 is 15.5 Å². The average Bonchev–Trinajstić information content (AvgIpc) is 3.34. The standard InChI is InChI=1S/C21H35N5OS/c1-22-20(24-15-21(12-6-7-13-21)19(27)26(2)3)23-14-8-11-18-25-16-9-4-5-10-17(16)28-18/h4-15H2,1-3H3,(H2,22,23,24). The molecule has 0 aliphatic heterocycles. The first kappa shape index (κ1) is 21.1. The molecule has 1 aromatic heterocycles. The van der Waals surface area contributed by atoms with E-state index >= 15 is 0 Å². The van der Waals surface area contributed by atoms with Crippen molar-refractivity contribution < 1.29 is 4.79 Å². The van der Waals surface area contributed by atoms with E-state index < -0.39 is 0 Å². The highest BCUT2D eigenvalue weighted by atomic mass is 32.1. The molecule has 0 aromatic carbocycles. The summed E-state index contributed by atoms with van der Waals surface area (Å²) in [5.41, 5.74) is 1.07. The molecule has 0 unspecified atom stereocenters. The van der Waals surface area contributed by atoms with E-state index in [1.54, 1.807) is 11.9 Å². The van der Waals surface area contributed by atoms with Crippen molar-refractivity contribution in [2.45, 2.75) is 64.2 Å². The maximum absolute atomic E-state index is 12.7. The lowest BCUT2D eigenvalue weighted by Crippen LogP contribution is -2.49. The van der Waals surface area contributed by atoms with Crippen LogP contribution in [0.2, 0.25) is 0 Å². The number of carbonyl (C=O) groups excluding carboxylic acids is 1. The molecule has 2 aliphatic rings. The van der Waals surface area contributed by atoms with E-state index in [0.29, 0.717) is 6.54 Å². The van der Waals surface area contributed by atoms with Crippen molar-refractivity contribution in [3.8, 4) is 0 Å². The zero-order valence-electron chi connectivity index (χ0n) is 17.6. The number of nitrogens with zero attached hydrogens (tertiary/aromatic N) is 3. The van der Waals surface area contributed by atoms with Gasteiger partial charge in [0.2, 0.25) is 5.91 Å². The largest absolute Gasteiger partial charge is 0.356 e. The van der Waals surface area contributed by atoms with Gasteiger partial charge in [-0.1, -0.05) is 12.8 Å². The summed E-state index contributed by atoms with van der Waals surface area (Å²) < 4.78 is 0. The predicted molar refractivity (Wildman–Crippen MR) is 116 cm³/mol. The van der Waals surface area contributed by atoms with E-state index in [0.717, 1.165) is 57.5 Å². The molecule has 0 saturated heterocycles. The lowest BCUT2D eigenvalue weighted by atomic mass is 9.84. The molecule has 2 N–H and O–H groups in total. The van der Waals surface area contributed by atoms with Gasteiger partial charge in [0.1, 0.15) is 0 Å². The Hall–Kier alpha value is -1.63. The van der Waals surface area contributed by atoms with Crippen LogP contribution in [0.25, 0.3) is 0 Å². The van der Waals surface area contributed by atoms with Crippen LogP contribution in [0.1, 0.15) is 60.5 Å². The molecule has 1 heterocycles. The molecule has 2 aliphatic carbocycles. The average molecular weight is 406 g/mol. The molecular weight excluding hydrogens is 370 g/mol. The number of aromatic nitrogens is 1. The van der Waals surface area contributed by atoms with E-state index in [-0.39, 0.29) is 11.3 Å². The molecule has 1 aromatic rings. The number of hydrogen-bond donors (Lipinski definition) is 2. The summed E-state index contributed by atoms with van der Waals surface area (Å²) in [5.74, 6) is 1.02. The number of amides is 1. The number of rotatable bonds is 7. The normalized spacial score (nSPS) is 18.6. The number of hydrogen-bond acceptors (Lipinski definition) is 4. The quantitative estimate of drug-likeness (QED) is 0.416. The van der Waals surface area contributed by atoms with Gasteiger partial charge in [0.15, 0.2) is 5.96 Å². The Labute approximate surface area is 173 Å². The molecule has 3 rings (SSSR count). The molecule has 1 saturated carbocycles. The highest BCUT2D eigenvalue weighted by Gasteiger charge is 2.42. The summed E-state index contributed by atoms with van der Waals surface area (Å²) in [5, 5.41) is 8.08. The van der Waals surface area contributed by atoms with E-state index in [4.69, 9.17) is 4.98 Å². The number of thiazole rings is 1. The third kappa shape index (κ3) is 5.04. The van der Waals surface area contributed by atoms with Crippen LogP contribution in [0.3, 0.4) is 0 Å². The summed E-state index contributed by atoms with van der Waals surface area (Å²) >= 11 is 1.91. The molecule has 1 fully saturated rings. The van der Waals surface area contributed by atoms with Crippen LogP contribution in [-0.4, -0.2) is 56.0 Å². The van der Waals surface area contributed by atoms with Crippen molar-refractivity contribution in [3.63, 3.8) is 0 Å². The van der Waals surface area contributed by atoms with Gasteiger partial charge in [-0.2, -0.15) is 0 Å². The van der Waals surface area contributed by atoms with Crippen LogP contribution in [0.5, 0.6) is 0 Å². The summed E-state index contributed by atoms with van der Waals surface area (Å²) in [7, 11) is 5.50. The van der Waals surface area contributed by atoms with Crippen LogP contribution >= 0.6 is 11.3 Å². The third-order valence-electron chi connectivity index (χ3n) is 5.99. The van der Waals surface area contributed by atoms with Gasteiger partial charge in [0.25, 0.3) is 0 Å². The lowest BCUT2D eigenvalue weighted by molar-refractivity contribution is -0.138. The molecule has 0 spiro atoms. The summed E-state index contributed by atoms with van der Waals surface area (Å²) in [4.78, 5) is 25.1. The maximum Gasteiger partial charge on any atom is 0.230 e. The first-order valence-electron chi connectivity index (χ1n) is 10.7. The molecule has 0 bridgehead atoms. The van der Waals surface area contributed by atoms with Crippen molar-refractivity contribution in [1.82, 2.24) is 20.5 Å². The van der Waals surface area contributed by atoms with Crippen molar-refractivity contribution in [3.05, 3.63) is 15.6 Å². The highest BCUT2D eigenvalue weighted by Crippen LogP contribution is 2.38. The molecule has 0 radical (unpaired) electrons. The van der Waals surface area contributed by atoms with Crippen LogP contribution in [-0.2, 0) is 24.1 Å². The second-order valence-corrected chi connectivity index (χ2v) is 9.50. The second-order valence-electron chi connectivity index (χ2n) is 8.33. The number of aryl methyl sites for hydroxylation is 3. The van der Waals surface area contributed by atoms with Crippen LogP contribution in [0.15, 0.2) is 4.99 Å². The first-order chi connectivity index (χ1) is 13.5. The Morgan fingerprint density at radius 2 is 1.93 bits per heavy atom. The van der Waals surface area contributed by atoms with Crippen LogP contribution in [0.4, 0.5) is 0 Å². The lowest BCUT2D eigenvalue weighted by Gasteiger charge is -2.31. The van der Waals surface area contributed by atoms with Crippen molar-refractivity contribution >= 4 is 23.2 Å². The number of guanidine groups is 1. The molecule has 6 nitrogen and oxygen atoms in total. The Balaban J connectivity index is 1.43. The van der Waals surface area contributed by atoms with Gasteiger partial charge in [-0.05, 0) is 44.9 Å². The SMILES string of the molecule is CN=C(NCCCc1nc2c(s1)CCCC2)NCC1(C(=O)N(C)C)CCCC1. The van der Waals surface area contributed by atoms with Crippen molar-refractivity contribution in [2.75, 3.05) is 34.2 Å². The second kappa shape index (κ2) is 9.72. The Morgan fingerprint density at radius 3 is 2.61 bits per heavy atom. The first-order valence-corrected chi connectivity index (χ1v) is 11.5. The third-order valence-corrected chi connectivity index (χ3v) is 7.21. The van der Waals surface area contributed by atoms with Crippen molar-refractivity contribution in [2.24, 2.45) is 10.4 Å². The topological polar surface area (TPSA) is 69.6 Å². The van der Waals surface area contributed by atoms with Gasteiger partial charge >= 0.3 is 0 Å². The van der Waals surface area contributed by atoms with Crippen LogP contribution < -0.4 is 10.6 Å². The fraction of sp³-hybridized carbons (Fsp3) is 0.762. The van der Waals surface area contributed by atoms with E-state index in [1.165, 1.54) is 34.8 Å². The number of fused-ring (bicyclic) bond motifs is 1. The highest BCUT2D eigenvalue weighted by molar-refractivity contribution is 7.11. The minimum atomic E-state index is -0.277. The monoisotopic (exact) mass is 405 g/mol. The summed E-state index contributed by atoms with van der Waals surface area (Å²) in [6, 6.07) is 0. The minimum Gasteiger partial charge on any atom is -0.356 e. The zero-order chi connectivity index (χ0) is 20.0. The Bertz CT molecular complexity index is 667. The number of carbonyl (C=O) groups is 1. The fourth-order valence-electron chi connectivity index (χ4n) is 4.42. The number of nitrogens with one attached hydrogen (secondary N) is 2. The molecule has 0 atom stereocenters. The number of aliphatic imine (C=N–C) groups is 1. The molecule has 1 amide bonds. The molecule has 7 heteroatoms. The predicted octanol–water partition coefficient (Wildman–Crippen LogP) is 2.77. The van der Waals surface area contributed by atoms with Gasteiger partial charge in [0.05, 0.1) is 16.1 Å². The summed E-state index contributed by atoms with van der Waals surface area (Å²) in [6.45, 7) is 1.52. The van der Waals surface area contributed by atoms with Crippen LogP contribution in [0, 0.1) is 5.41 Å².